The van der Waals surface area contributed by atoms with Gasteiger partial charge in [-0.05, 0) is 67.3 Å². The quantitative estimate of drug-likeness (QED) is 0.374. The summed E-state index contributed by atoms with van der Waals surface area (Å²) in [5.41, 5.74) is -7.74. The molecule has 1 heterocycles. The van der Waals surface area contributed by atoms with Gasteiger partial charge in [-0.25, -0.2) is 17.2 Å². The van der Waals surface area contributed by atoms with Gasteiger partial charge < -0.3 is 10.0 Å². The summed E-state index contributed by atoms with van der Waals surface area (Å²) in [6, 6.07) is 4.11. The molecular weight excluding hydrogens is 638 g/mol. The highest BCUT2D eigenvalue weighted by Gasteiger charge is 2.74. The van der Waals surface area contributed by atoms with E-state index in [-0.39, 0.29) is 61.4 Å². The van der Waals surface area contributed by atoms with E-state index in [1.165, 1.54) is 11.0 Å². The highest BCUT2D eigenvalue weighted by Crippen LogP contribution is 2.57. The molecule has 2 aromatic carbocycles. The first-order valence-corrected chi connectivity index (χ1v) is 15.4. The predicted octanol–water partition coefficient (Wildman–Crippen LogP) is 6.39. The molecular formula is C30H27F8NO5S. The van der Waals surface area contributed by atoms with Crippen molar-refractivity contribution >= 4 is 21.7 Å². The van der Waals surface area contributed by atoms with Crippen molar-refractivity contribution in [2.45, 2.75) is 72.7 Å². The van der Waals surface area contributed by atoms with E-state index in [9.17, 15) is 58.2 Å². The van der Waals surface area contributed by atoms with Gasteiger partial charge in [-0.1, -0.05) is 37.3 Å². The molecule has 0 radical (unpaired) electrons. The molecule has 0 saturated carbocycles. The fourth-order valence-corrected chi connectivity index (χ4v) is 9.49. The molecule has 0 bridgehead atoms. The van der Waals surface area contributed by atoms with Crippen molar-refractivity contribution in [3.8, 4) is 0 Å². The van der Waals surface area contributed by atoms with Crippen LogP contribution in [0.5, 0.6) is 0 Å². The molecule has 1 aliphatic heterocycles. The number of nitrogens with zero attached hydrogens (tertiary/aromatic N) is 1. The van der Waals surface area contributed by atoms with Gasteiger partial charge in [0.1, 0.15) is 10.6 Å². The van der Waals surface area contributed by atoms with E-state index in [1.54, 1.807) is 6.92 Å². The third-order valence-electron chi connectivity index (χ3n) is 9.35. The molecule has 1 amide bonds. The van der Waals surface area contributed by atoms with Gasteiger partial charge in [0.15, 0.2) is 9.84 Å². The maximum Gasteiger partial charge on any atom is 0.435 e. The smallest absolute Gasteiger partial charge is 0.435 e. The molecule has 244 valence electrons. The molecule has 6 nitrogen and oxygen atoms in total. The lowest BCUT2D eigenvalue weighted by atomic mass is 9.76. The standard InChI is InChI=1S/C30H27F8NO5S/c1-16-13-18(5-8-22(16)26(41)42)25(40)39-12-11-27(45(43,44)21-4-2-3-20(31)15-21)23-9-7-19(14-17(23)6-10-24(27)39)28(32,29(33,34)35)30(36,37)38/h2-5,7,9,14-16,22,24H,6,8,10-13H2,1H3,(H,41,42)/t16-,22+,24?,27?/m0/s1. The van der Waals surface area contributed by atoms with E-state index >= 15 is 0 Å². The number of carbonyl (C=O) groups is 2. The van der Waals surface area contributed by atoms with E-state index in [2.05, 4.69) is 0 Å². The number of halogens is 8. The van der Waals surface area contributed by atoms with Gasteiger partial charge >= 0.3 is 24.0 Å². The average molecular weight is 666 g/mol. The van der Waals surface area contributed by atoms with E-state index in [4.69, 9.17) is 0 Å². The number of amides is 1. The van der Waals surface area contributed by atoms with Crippen molar-refractivity contribution in [3.05, 3.63) is 76.6 Å². The Bertz CT molecular complexity index is 1670. The van der Waals surface area contributed by atoms with Crippen molar-refractivity contribution in [1.29, 1.82) is 0 Å². The molecule has 1 saturated heterocycles. The molecule has 5 rings (SSSR count). The number of sulfone groups is 1. The van der Waals surface area contributed by atoms with Crippen LogP contribution in [0.3, 0.4) is 0 Å². The third kappa shape index (κ3) is 4.92. The van der Waals surface area contributed by atoms with Gasteiger partial charge in [-0.15, -0.1) is 0 Å². The first-order chi connectivity index (χ1) is 20.8. The predicted molar refractivity (Wildman–Crippen MR) is 143 cm³/mol. The molecule has 2 unspecified atom stereocenters. The number of aliphatic carboxylic acids is 1. The number of alkyl halides is 7. The number of rotatable bonds is 5. The lowest BCUT2D eigenvalue weighted by Crippen LogP contribution is -2.53. The van der Waals surface area contributed by atoms with E-state index in [0.29, 0.717) is 6.07 Å². The van der Waals surface area contributed by atoms with Crippen LogP contribution < -0.4 is 0 Å². The van der Waals surface area contributed by atoms with Crippen LogP contribution in [0.2, 0.25) is 0 Å². The number of aryl methyl sites for hydroxylation is 1. The van der Waals surface area contributed by atoms with Crippen molar-refractivity contribution in [3.63, 3.8) is 0 Å². The van der Waals surface area contributed by atoms with Gasteiger partial charge in [-0.2, -0.15) is 26.3 Å². The Kier molecular flexibility index (Phi) is 7.90. The Hall–Kier alpha value is -3.49. The zero-order valence-corrected chi connectivity index (χ0v) is 24.4. The van der Waals surface area contributed by atoms with Crippen LogP contribution in [-0.4, -0.2) is 55.2 Å². The molecule has 2 aliphatic carbocycles. The van der Waals surface area contributed by atoms with Crippen LogP contribution >= 0.6 is 0 Å². The van der Waals surface area contributed by atoms with Crippen molar-refractivity contribution in [2.75, 3.05) is 6.54 Å². The van der Waals surface area contributed by atoms with Gasteiger partial charge in [0.2, 0.25) is 5.91 Å². The summed E-state index contributed by atoms with van der Waals surface area (Å²) in [4.78, 5) is 26.1. The Morgan fingerprint density at radius 3 is 2.24 bits per heavy atom. The first-order valence-electron chi connectivity index (χ1n) is 14.0. The molecule has 45 heavy (non-hydrogen) atoms. The minimum Gasteiger partial charge on any atom is -0.481 e. The van der Waals surface area contributed by atoms with Crippen LogP contribution in [0.25, 0.3) is 0 Å². The maximum atomic E-state index is 15.0. The summed E-state index contributed by atoms with van der Waals surface area (Å²) >= 11 is 0. The fourth-order valence-electron chi connectivity index (χ4n) is 7.09. The number of carboxylic acid groups (broad SMARTS) is 1. The lowest BCUT2D eigenvalue weighted by Gasteiger charge is -2.43. The molecule has 15 heteroatoms. The van der Waals surface area contributed by atoms with Gasteiger partial charge in [0.25, 0.3) is 0 Å². The second kappa shape index (κ2) is 10.8. The zero-order chi connectivity index (χ0) is 33.3. The Morgan fingerprint density at radius 2 is 1.67 bits per heavy atom. The number of hydrogen-bond acceptors (Lipinski definition) is 4. The van der Waals surface area contributed by atoms with Crippen molar-refractivity contribution in [2.24, 2.45) is 11.8 Å². The Labute approximate surface area is 252 Å². The van der Waals surface area contributed by atoms with Gasteiger partial charge in [0.05, 0.1) is 16.9 Å². The maximum absolute atomic E-state index is 15.0. The topological polar surface area (TPSA) is 91.8 Å². The van der Waals surface area contributed by atoms with E-state index in [0.717, 1.165) is 30.3 Å². The molecule has 0 aromatic heterocycles. The zero-order valence-electron chi connectivity index (χ0n) is 23.6. The summed E-state index contributed by atoms with van der Waals surface area (Å²) in [5.74, 6) is -3.71. The van der Waals surface area contributed by atoms with E-state index < -0.39 is 78.6 Å². The van der Waals surface area contributed by atoms with E-state index in [1.807, 2.05) is 0 Å². The monoisotopic (exact) mass is 665 g/mol. The highest BCUT2D eigenvalue weighted by atomic mass is 32.2. The highest BCUT2D eigenvalue weighted by molar-refractivity contribution is 7.92. The average Bonchev–Trinajstić information content (AvgIpc) is 3.36. The summed E-state index contributed by atoms with van der Waals surface area (Å²) < 4.78 is 137. The number of hydrogen-bond donors (Lipinski definition) is 1. The third-order valence-corrected chi connectivity index (χ3v) is 11.9. The van der Waals surface area contributed by atoms with Crippen molar-refractivity contribution < 1.29 is 58.2 Å². The summed E-state index contributed by atoms with van der Waals surface area (Å²) in [7, 11) is -4.70. The Morgan fingerprint density at radius 1 is 1.00 bits per heavy atom. The van der Waals surface area contributed by atoms with Crippen LogP contribution in [0.1, 0.15) is 49.3 Å². The number of allylic oxidation sites excluding steroid dienone is 1. The number of benzene rings is 2. The second-order valence-corrected chi connectivity index (χ2v) is 14.0. The normalized spacial score (nSPS) is 25.8. The molecule has 4 atom stereocenters. The molecule has 0 spiro atoms. The van der Waals surface area contributed by atoms with Gasteiger partial charge in [-0.3, -0.25) is 9.59 Å². The molecule has 1 fully saturated rings. The lowest BCUT2D eigenvalue weighted by molar-refractivity contribution is -0.348. The Balaban J connectivity index is 1.66. The molecule has 1 N–H and O–H groups in total. The number of carboxylic acids is 1. The van der Waals surface area contributed by atoms with Crippen molar-refractivity contribution in [1.82, 2.24) is 4.90 Å². The fraction of sp³-hybridized carbons (Fsp3) is 0.467. The first kappa shape index (κ1) is 32.9. The largest absolute Gasteiger partial charge is 0.481 e. The number of fused-ring (bicyclic) bond motifs is 3. The minimum atomic E-state index is -6.39. The SMILES string of the molecule is C[C@H]1CC(C(=O)N2CCC3(S(=O)(=O)c4cccc(F)c4)c4ccc(C(F)(C(F)(F)F)C(F)(F)F)cc4CCC23)=CC[C@H]1C(=O)O. The number of carbonyl (C=O) groups excluding carboxylic acids is 1. The summed E-state index contributed by atoms with van der Waals surface area (Å²) in [5, 5.41) is 9.44. The van der Waals surface area contributed by atoms with Gasteiger partial charge in [0, 0.05) is 17.7 Å². The molecule has 3 aliphatic rings. The van der Waals surface area contributed by atoms with Crippen LogP contribution in [0.15, 0.2) is 59.0 Å². The van der Waals surface area contributed by atoms with Crippen LogP contribution in [-0.2, 0) is 36.3 Å². The summed E-state index contributed by atoms with van der Waals surface area (Å²) in [6.45, 7) is 1.47. The number of likely N-dealkylation sites (tertiary alicyclic amines) is 1. The minimum absolute atomic E-state index is 0.0534. The van der Waals surface area contributed by atoms with Crippen LogP contribution in [0, 0.1) is 17.7 Å². The van der Waals surface area contributed by atoms with Crippen LogP contribution in [0.4, 0.5) is 35.1 Å². The second-order valence-electron chi connectivity index (χ2n) is 11.8. The molecule has 2 aromatic rings. The summed E-state index contributed by atoms with van der Waals surface area (Å²) in [6.07, 6.45) is -12.0.